The number of hydrogen-bond donors (Lipinski definition) is 1. The van der Waals surface area contributed by atoms with Crippen LogP contribution < -0.4 is 10.4 Å². The van der Waals surface area contributed by atoms with E-state index in [1.165, 1.54) is 0 Å². The zero-order chi connectivity index (χ0) is 26.3. The second-order valence-electron chi connectivity index (χ2n) is 9.53. The van der Waals surface area contributed by atoms with Crippen LogP contribution in [0.5, 0.6) is 0 Å². The number of ketones is 3. The third-order valence-electron chi connectivity index (χ3n) is 7.15. The fourth-order valence-corrected chi connectivity index (χ4v) is 4.99. The van der Waals surface area contributed by atoms with E-state index in [4.69, 9.17) is 0 Å². The molecule has 0 saturated carbocycles. The van der Waals surface area contributed by atoms with Crippen LogP contribution in [0.3, 0.4) is 0 Å². The van der Waals surface area contributed by atoms with Crippen molar-refractivity contribution in [3.05, 3.63) is 129 Å². The van der Waals surface area contributed by atoms with Gasteiger partial charge in [-0.25, -0.2) is 0 Å². The van der Waals surface area contributed by atoms with Crippen molar-refractivity contribution in [3.8, 4) is 0 Å². The quantitative estimate of drug-likeness (QED) is 0.398. The van der Waals surface area contributed by atoms with Gasteiger partial charge in [-0.2, -0.15) is 0 Å². The lowest BCUT2D eigenvalue weighted by molar-refractivity contribution is -0.111. The van der Waals surface area contributed by atoms with Crippen LogP contribution in [-0.2, 0) is 4.79 Å². The van der Waals surface area contributed by atoms with Gasteiger partial charge in [-0.1, -0.05) is 80.3 Å². The van der Waals surface area contributed by atoms with Gasteiger partial charge < -0.3 is 5.11 Å². The summed E-state index contributed by atoms with van der Waals surface area (Å²) in [6, 6.07) is 18.8. The molecule has 4 heteroatoms. The summed E-state index contributed by atoms with van der Waals surface area (Å²) in [6.45, 7) is 7.53. The monoisotopic (exact) mass is 486 g/mol. The molecule has 0 spiro atoms. The first kappa shape index (κ1) is 24.1. The molecule has 2 aliphatic carbocycles. The highest BCUT2D eigenvalue weighted by atomic mass is 16.3. The fourth-order valence-electron chi connectivity index (χ4n) is 4.99. The molecule has 182 valence electrons. The van der Waals surface area contributed by atoms with Crippen LogP contribution >= 0.6 is 0 Å². The highest BCUT2D eigenvalue weighted by Crippen LogP contribution is 2.35. The first-order valence-corrected chi connectivity index (χ1v) is 12.2. The summed E-state index contributed by atoms with van der Waals surface area (Å²) in [6.07, 6.45) is 8.44. The molecule has 1 N–H and O–H groups in total. The van der Waals surface area contributed by atoms with E-state index in [1.807, 2.05) is 55.5 Å². The number of hydrogen-bond acceptors (Lipinski definition) is 4. The number of Topliss-reactive ketones (excluding diaryl/α,β-unsaturated/α-hetero) is 3. The van der Waals surface area contributed by atoms with Crippen molar-refractivity contribution in [1.29, 1.82) is 0 Å². The third kappa shape index (κ3) is 4.21. The average molecular weight is 487 g/mol. The lowest BCUT2D eigenvalue weighted by Crippen LogP contribution is -2.22. The standard InChI is InChI=1S/C33H26O4/c1-19-10-4-6-12-22(19)16-26-21(3)30(34)25(31(26)35)15-9-5-11-20(2)29-32(36)27-17-23-13-7-8-14-24(23)18-28(27)33(29)37/h4-18,20,29,34H,1H2,2-3H3/b11-5+,15-9+,22-16-. The molecule has 0 saturated heterocycles. The Balaban J connectivity index is 1.33. The third-order valence-corrected chi connectivity index (χ3v) is 7.15. The van der Waals surface area contributed by atoms with Gasteiger partial charge in [0, 0.05) is 22.3 Å². The molecule has 0 fully saturated rings. The number of benzene rings is 3. The number of carbonyl (C=O) groups excluding carboxylic acids is 3. The zero-order valence-electron chi connectivity index (χ0n) is 20.7. The summed E-state index contributed by atoms with van der Waals surface area (Å²) < 4.78 is 0. The van der Waals surface area contributed by atoms with E-state index in [1.54, 1.807) is 49.4 Å². The van der Waals surface area contributed by atoms with Gasteiger partial charge in [0.05, 0.1) is 11.5 Å². The molecule has 1 atom stereocenters. The molecule has 2 aliphatic rings. The maximum atomic E-state index is 13.1. The maximum absolute atomic E-state index is 13.1. The molecule has 0 bridgehead atoms. The van der Waals surface area contributed by atoms with Crippen LogP contribution in [0.2, 0.25) is 0 Å². The summed E-state index contributed by atoms with van der Waals surface area (Å²) in [4.78, 5) is 39.2. The molecule has 0 heterocycles. The second-order valence-corrected chi connectivity index (χ2v) is 9.53. The molecule has 1 unspecified atom stereocenters. The topological polar surface area (TPSA) is 71.4 Å². The maximum Gasteiger partial charge on any atom is 0.197 e. The highest BCUT2D eigenvalue weighted by molar-refractivity contribution is 6.28. The van der Waals surface area contributed by atoms with Gasteiger partial charge in [0.15, 0.2) is 17.3 Å². The van der Waals surface area contributed by atoms with E-state index in [-0.39, 0.29) is 34.6 Å². The molecular formula is C33H26O4. The molecule has 4 nitrogen and oxygen atoms in total. The Hall–Kier alpha value is -4.57. The van der Waals surface area contributed by atoms with Crippen molar-refractivity contribution in [1.82, 2.24) is 0 Å². The minimum atomic E-state index is -0.773. The smallest absolute Gasteiger partial charge is 0.197 e. The number of rotatable bonds is 5. The van der Waals surface area contributed by atoms with Gasteiger partial charge in [0.1, 0.15) is 5.76 Å². The predicted octanol–water partition coefficient (Wildman–Crippen LogP) is 5.19. The number of aliphatic hydroxyl groups is 1. The largest absolute Gasteiger partial charge is 0.507 e. The summed E-state index contributed by atoms with van der Waals surface area (Å²) >= 11 is 0. The van der Waals surface area contributed by atoms with Crippen molar-refractivity contribution in [2.45, 2.75) is 13.8 Å². The molecule has 0 aromatic heterocycles. The van der Waals surface area contributed by atoms with Crippen LogP contribution in [0, 0.1) is 11.8 Å². The van der Waals surface area contributed by atoms with Crippen molar-refractivity contribution in [2.24, 2.45) is 11.8 Å². The van der Waals surface area contributed by atoms with E-state index in [0.717, 1.165) is 21.2 Å². The predicted molar refractivity (Wildman–Crippen MR) is 147 cm³/mol. The Bertz CT molecular complexity index is 1670. The Labute approximate surface area is 215 Å². The van der Waals surface area contributed by atoms with Crippen molar-refractivity contribution < 1.29 is 19.5 Å². The van der Waals surface area contributed by atoms with Crippen molar-refractivity contribution >= 4 is 40.8 Å². The lowest BCUT2D eigenvalue weighted by atomic mass is 9.89. The van der Waals surface area contributed by atoms with E-state index in [0.29, 0.717) is 22.3 Å². The summed E-state index contributed by atoms with van der Waals surface area (Å²) in [7, 11) is 0. The van der Waals surface area contributed by atoms with Crippen LogP contribution in [0.15, 0.2) is 107 Å². The van der Waals surface area contributed by atoms with Gasteiger partial charge in [-0.15, -0.1) is 0 Å². The molecule has 0 aliphatic heterocycles. The Morgan fingerprint density at radius 1 is 0.865 bits per heavy atom. The number of aliphatic hydroxyl groups excluding tert-OH is 1. The molecule has 3 aromatic rings. The van der Waals surface area contributed by atoms with Crippen molar-refractivity contribution in [2.75, 3.05) is 0 Å². The molecule has 0 amide bonds. The zero-order valence-corrected chi connectivity index (χ0v) is 20.7. The Morgan fingerprint density at radius 3 is 2.08 bits per heavy atom. The Morgan fingerprint density at radius 2 is 1.46 bits per heavy atom. The SMILES string of the molecule is C=c1cccc/c1=C/C1=C(C)C(O)=C(/C=C/C=C/C(C)C2C(=O)c3cc4ccccc4cc3C2=O)C1=O. The first-order valence-electron chi connectivity index (χ1n) is 12.2. The number of carbonyl (C=O) groups is 3. The Kier molecular flexibility index (Phi) is 6.18. The van der Waals surface area contributed by atoms with Gasteiger partial charge >= 0.3 is 0 Å². The molecule has 0 radical (unpaired) electrons. The van der Waals surface area contributed by atoms with Crippen LogP contribution in [-0.4, -0.2) is 22.5 Å². The minimum absolute atomic E-state index is 0.0563. The van der Waals surface area contributed by atoms with E-state index < -0.39 is 5.92 Å². The number of allylic oxidation sites excluding steroid dienone is 7. The second kappa shape index (κ2) is 9.47. The minimum Gasteiger partial charge on any atom is -0.507 e. The van der Waals surface area contributed by atoms with Crippen molar-refractivity contribution in [3.63, 3.8) is 0 Å². The molecular weight excluding hydrogens is 460 g/mol. The summed E-state index contributed by atoms with van der Waals surface area (Å²) in [5, 5.41) is 14.1. The van der Waals surface area contributed by atoms with E-state index >= 15 is 0 Å². The molecule has 37 heavy (non-hydrogen) atoms. The fraction of sp³-hybridized carbons (Fsp3) is 0.121. The van der Waals surface area contributed by atoms with Crippen LogP contribution in [0.1, 0.15) is 34.6 Å². The molecule has 3 aromatic carbocycles. The van der Waals surface area contributed by atoms with Crippen LogP contribution in [0.4, 0.5) is 0 Å². The lowest BCUT2D eigenvalue weighted by Gasteiger charge is -2.11. The highest BCUT2D eigenvalue weighted by Gasteiger charge is 2.41. The normalized spacial score (nSPS) is 17.9. The van der Waals surface area contributed by atoms with Gasteiger partial charge in [0.25, 0.3) is 0 Å². The summed E-state index contributed by atoms with van der Waals surface area (Å²) in [5.74, 6) is -1.75. The molecule has 5 rings (SSSR count). The van der Waals surface area contributed by atoms with Crippen LogP contribution in [0.25, 0.3) is 23.4 Å². The van der Waals surface area contributed by atoms with Gasteiger partial charge in [0.2, 0.25) is 0 Å². The first-order chi connectivity index (χ1) is 17.8. The average Bonchev–Trinajstić information content (AvgIpc) is 3.25. The van der Waals surface area contributed by atoms with Gasteiger partial charge in [-0.05, 0) is 58.3 Å². The number of fused-ring (bicyclic) bond motifs is 2. The van der Waals surface area contributed by atoms with E-state index in [2.05, 4.69) is 6.58 Å². The van der Waals surface area contributed by atoms with E-state index in [9.17, 15) is 19.5 Å². The summed E-state index contributed by atoms with van der Waals surface area (Å²) in [5.41, 5.74) is 2.10. The van der Waals surface area contributed by atoms with Gasteiger partial charge in [-0.3, -0.25) is 14.4 Å².